The third kappa shape index (κ3) is 3.39. The Bertz CT molecular complexity index is 364. The van der Waals surface area contributed by atoms with Gasteiger partial charge in [0.2, 0.25) is 0 Å². The van der Waals surface area contributed by atoms with Crippen LogP contribution in [0.1, 0.15) is 24.2 Å². The highest BCUT2D eigenvalue weighted by Gasteiger charge is 2.13. The van der Waals surface area contributed by atoms with E-state index in [9.17, 15) is 9.18 Å². The Morgan fingerprint density at radius 2 is 2.20 bits per heavy atom. The molecule has 0 aromatic heterocycles. The predicted molar refractivity (Wildman–Crippen MR) is 59.5 cm³/mol. The second-order valence-electron chi connectivity index (χ2n) is 3.38. The number of hydrogen-bond donors (Lipinski definition) is 0. The van der Waals surface area contributed by atoms with Crippen LogP contribution in [-0.2, 0) is 4.74 Å². The van der Waals surface area contributed by atoms with E-state index < -0.39 is 5.82 Å². The molecule has 2 nitrogen and oxygen atoms in total. The average Bonchev–Trinajstić information content (AvgIpc) is 2.18. The van der Waals surface area contributed by atoms with Crippen LogP contribution in [0.5, 0.6) is 0 Å². The summed E-state index contributed by atoms with van der Waals surface area (Å²) in [5, 5.41) is 0. The summed E-state index contributed by atoms with van der Waals surface area (Å²) < 4.78 is 18.5. The fourth-order valence-electron chi connectivity index (χ4n) is 1.04. The Morgan fingerprint density at radius 3 is 2.80 bits per heavy atom. The molecule has 0 saturated heterocycles. The zero-order valence-electron chi connectivity index (χ0n) is 8.59. The number of carbonyl (C=O) groups is 1. The molecule has 0 atom stereocenters. The number of carbonyl (C=O) groups excluding carboxylic acids is 1. The van der Waals surface area contributed by atoms with Gasteiger partial charge in [0, 0.05) is 5.56 Å². The fourth-order valence-corrected chi connectivity index (χ4v) is 1.52. The summed E-state index contributed by atoms with van der Waals surface area (Å²) in [5.74, 6) is -0.666. The summed E-state index contributed by atoms with van der Waals surface area (Å²) in [6, 6.07) is 4.37. The molecule has 0 aliphatic carbocycles. The van der Waals surface area contributed by atoms with Gasteiger partial charge in [-0.05, 0) is 41.9 Å². The van der Waals surface area contributed by atoms with Crippen molar-refractivity contribution in [3.8, 4) is 0 Å². The summed E-state index contributed by atoms with van der Waals surface area (Å²) in [6.45, 7) is 3.65. The average molecular weight is 275 g/mol. The van der Waals surface area contributed by atoms with E-state index in [2.05, 4.69) is 15.9 Å². The van der Waals surface area contributed by atoms with Gasteiger partial charge in [-0.1, -0.05) is 6.07 Å². The third-order valence-corrected chi connectivity index (χ3v) is 2.61. The van der Waals surface area contributed by atoms with Crippen LogP contribution in [-0.4, -0.2) is 18.5 Å². The number of halogens is 2. The van der Waals surface area contributed by atoms with Crippen molar-refractivity contribution >= 4 is 21.7 Å². The third-order valence-electron chi connectivity index (χ3n) is 1.80. The van der Waals surface area contributed by atoms with Gasteiger partial charge >= 0.3 is 0 Å². The largest absolute Gasteiger partial charge is 0.371 e. The molecule has 82 valence electrons. The van der Waals surface area contributed by atoms with Crippen LogP contribution in [0.4, 0.5) is 4.39 Å². The summed E-state index contributed by atoms with van der Waals surface area (Å²) >= 11 is 3.04. The van der Waals surface area contributed by atoms with E-state index in [-0.39, 0.29) is 23.0 Å². The molecule has 0 unspecified atom stereocenters. The van der Waals surface area contributed by atoms with E-state index in [1.807, 2.05) is 13.8 Å². The molecule has 0 aliphatic rings. The lowest BCUT2D eigenvalue weighted by Gasteiger charge is -2.07. The van der Waals surface area contributed by atoms with Crippen molar-refractivity contribution in [1.29, 1.82) is 0 Å². The molecule has 1 aromatic rings. The first-order chi connectivity index (χ1) is 7.02. The maximum atomic E-state index is 13.1. The molecule has 0 N–H and O–H groups in total. The van der Waals surface area contributed by atoms with Gasteiger partial charge < -0.3 is 4.74 Å². The first-order valence-corrected chi connectivity index (χ1v) is 5.40. The molecular weight excluding hydrogens is 263 g/mol. The number of ether oxygens (including phenoxy) is 1. The van der Waals surface area contributed by atoms with Crippen LogP contribution in [0.25, 0.3) is 0 Å². The molecule has 0 fully saturated rings. The van der Waals surface area contributed by atoms with Gasteiger partial charge in [0.1, 0.15) is 12.4 Å². The van der Waals surface area contributed by atoms with Gasteiger partial charge in [-0.3, -0.25) is 4.79 Å². The van der Waals surface area contributed by atoms with Gasteiger partial charge in [0.15, 0.2) is 5.78 Å². The van der Waals surface area contributed by atoms with Crippen LogP contribution in [0, 0.1) is 5.82 Å². The number of hydrogen-bond acceptors (Lipinski definition) is 2. The Kier molecular flexibility index (Phi) is 4.42. The van der Waals surface area contributed by atoms with Gasteiger partial charge in [-0.25, -0.2) is 4.39 Å². The normalized spacial score (nSPS) is 10.7. The SMILES string of the molecule is CC(C)OCC(=O)c1cccc(F)c1Br. The van der Waals surface area contributed by atoms with Crippen molar-refractivity contribution in [3.05, 3.63) is 34.1 Å². The molecule has 0 heterocycles. The molecule has 0 amide bonds. The molecule has 15 heavy (non-hydrogen) atoms. The van der Waals surface area contributed by atoms with E-state index in [0.717, 1.165) is 0 Å². The van der Waals surface area contributed by atoms with E-state index in [1.165, 1.54) is 12.1 Å². The van der Waals surface area contributed by atoms with Gasteiger partial charge in [0.05, 0.1) is 10.6 Å². The van der Waals surface area contributed by atoms with E-state index in [0.29, 0.717) is 5.56 Å². The molecular formula is C11H12BrFO2. The summed E-state index contributed by atoms with van der Waals surface area (Å²) in [7, 11) is 0. The minimum Gasteiger partial charge on any atom is -0.371 e. The van der Waals surface area contributed by atoms with Crippen molar-refractivity contribution in [1.82, 2.24) is 0 Å². The Hall–Kier alpha value is -0.740. The summed E-state index contributed by atoms with van der Waals surface area (Å²) in [5.41, 5.74) is 0.315. The predicted octanol–water partition coefficient (Wildman–Crippen LogP) is 3.20. The second kappa shape index (κ2) is 5.37. The number of Topliss-reactive ketones (excluding diaryl/α,β-unsaturated/α-hetero) is 1. The Balaban J connectivity index is 2.78. The molecule has 4 heteroatoms. The number of benzene rings is 1. The highest BCUT2D eigenvalue weighted by molar-refractivity contribution is 9.10. The molecule has 0 spiro atoms. The lowest BCUT2D eigenvalue weighted by atomic mass is 10.1. The maximum absolute atomic E-state index is 13.1. The van der Waals surface area contributed by atoms with Crippen molar-refractivity contribution in [2.24, 2.45) is 0 Å². The van der Waals surface area contributed by atoms with E-state index in [1.54, 1.807) is 6.07 Å². The second-order valence-corrected chi connectivity index (χ2v) is 4.18. The number of ketones is 1. The first kappa shape index (κ1) is 12.3. The molecule has 0 radical (unpaired) electrons. The first-order valence-electron chi connectivity index (χ1n) is 4.61. The summed E-state index contributed by atoms with van der Waals surface area (Å²) in [6.07, 6.45) is -0.0127. The van der Waals surface area contributed by atoms with Crippen LogP contribution < -0.4 is 0 Å². The smallest absolute Gasteiger partial charge is 0.189 e. The van der Waals surface area contributed by atoms with Gasteiger partial charge in [0.25, 0.3) is 0 Å². The van der Waals surface area contributed by atoms with Crippen LogP contribution in [0.2, 0.25) is 0 Å². The van der Waals surface area contributed by atoms with Crippen molar-refractivity contribution in [2.75, 3.05) is 6.61 Å². The van der Waals surface area contributed by atoms with Crippen LogP contribution in [0.3, 0.4) is 0 Å². The minimum absolute atomic E-state index is 0.0127. The van der Waals surface area contributed by atoms with Crippen molar-refractivity contribution < 1.29 is 13.9 Å². The molecule has 0 saturated carbocycles. The number of rotatable bonds is 4. The van der Waals surface area contributed by atoms with Gasteiger partial charge in [-0.15, -0.1) is 0 Å². The maximum Gasteiger partial charge on any atom is 0.189 e. The Labute approximate surface area is 96.6 Å². The fraction of sp³-hybridized carbons (Fsp3) is 0.364. The summed E-state index contributed by atoms with van der Waals surface area (Å²) in [4.78, 5) is 11.6. The zero-order valence-corrected chi connectivity index (χ0v) is 10.2. The lowest BCUT2D eigenvalue weighted by molar-refractivity contribution is 0.0584. The van der Waals surface area contributed by atoms with Crippen LogP contribution >= 0.6 is 15.9 Å². The van der Waals surface area contributed by atoms with E-state index in [4.69, 9.17) is 4.74 Å². The molecule has 1 rings (SSSR count). The van der Waals surface area contributed by atoms with Crippen molar-refractivity contribution in [3.63, 3.8) is 0 Å². The standard InChI is InChI=1S/C11H12BrFO2/c1-7(2)15-6-10(14)8-4-3-5-9(13)11(8)12/h3-5,7H,6H2,1-2H3. The molecule has 1 aromatic carbocycles. The van der Waals surface area contributed by atoms with Gasteiger partial charge in [-0.2, -0.15) is 0 Å². The Morgan fingerprint density at radius 1 is 1.53 bits per heavy atom. The monoisotopic (exact) mass is 274 g/mol. The van der Waals surface area contributed by atoms with E-state index >= 15 is 0 Å². The van der Waals surface area contributed by atoms with Crippen LogP contribution in [0.15, 0.2) is 22.7 Å². The molecule has 0 aliphatic heterocycles. The molecule has 0 bridgehead atoms. The lowest BCUT2D eigenvalue weighted by Crippen LogP contribution is -2.14. The zero-order chi connectivity index (χ0) is 11.4. The highest BCUT2D eigenvalue weighted by atomic mass is 79.9. The minimum atomic E-state index is -0.439. The van der Waals surface area contributed by atoms with Crippen molar-refractivity contribution in [2.45, 2.75) is 20.0 Å². The quantitative estimate of drug-likeness (QED) is 0.789. The highest BCUT2D eigenvalue weighted by Crippen LogP contribution is 2.20. The topological polar surface area (TPSA) is 26.3 Å².